The van der Waals surface area contributed by atoms with E-state index in [1.807, 2.05) is 55.5 Å². The average Bonchev–Trinajstić information content (AvgIpc) is 3.17. The van der Waals surface area contributed by atoms with Crippen LogP contribution < -0.4 is 14.8 Å². The number of ether oxygens (including phenoxy) is 2. The van der Waals surface area contributed by atoms with Crippen LogP contribution in [0.25, 0.3) is 20.8 Å². The molecule has 3 aromatic carbocycles. The van der Waals surface area contributed by atoms with Crippen molar-refractivity contribution in [3.8, 4) is 22.1 Å². The van der Waals surface area contributed by atoms with Crippen LogP contribution in [-0.4, -0.2) is 25.1 Å². The molecule has 0 aliphatic carbocycles. The van der Waals surface area contributed by atoms with Gasteiger partial charge in [-0.15, -0.1) is 11.3 Å². The number of para-hydroxylation sites is 1. The molecule has 0 bridgehead atoms. The summed E-state index contributed by atoms with van der Waals surface area (Å²) < 4.78 is 12.8. The monoisotopic (exact) mass is 482 g/mol. The Morgan fingerprint density at radius 3 is 2.60 bits per heavy atom. The van der Waals surface area contributed by atoms with E-state index in [9.17, 15) is 4.79 Å². The summed E-state index contributed by atoms with van der Waals surface area (Å²) in [7, 11) is 3.13. The number of rotatable bonds is 5. The number of carbonyl (C=O) groups excluding carboxylic acids is 1. The summed E-state index contributed by atoms with van der Waals surface area (Å²) in [5, 5.41) is 3.84. The van der Waals surface area contributed by atoms with Crippen LogP contribution in [0.15, 0.2) is 59.1 Å². The highest BCUT2D eigenvalue weighted by Gasteiger charge is 2.18. The maximum atomic E-state index is 13.1. The molecule has 0 aliphatic rings. The van der Waals surface area contributed by atoms with Gasteiger partial charge in [0.2, 0.25) is 0 Å². The molecule has 0 radical (unpaired) electrons. The Morgan fingerprint density at radius 2 is 1.87 bits per heavy atom. The number of anilines is 1. The van der Waals surface area contributed by atoms with Crippen molar-refractivity contribution in [3.63, 3.8) is 0 Å². The van der Waals surface area contributed by atoms with E-state index < -0.39 is 0 Å². The number of methoxy groups -OCH3 is 2. The zero-order chi connectivity index (χ0) is 21.3. The fourth-order valence-corrected chi connectivity index (χ4v) is 4.83. The van der Waals surface area contributed by atoms with E-state index in [0.29, 0.717) is 22.7 Å². The number of aryl methyl sites for hydroxylation is 1. The number of aromatic nitrogens is 1. The molecule has 0 atom stereocenters. The quantitative estimate of drug-likeness (QED) is 0.362. The van der Waals surface area contributed by atoms with Gasteiger partial charge < -0.3 is 14.8 Å². The summed E-state index contributed by atoms with van der Waals surface area (Å²) in [5.74, 6) is 0.826. The van der Waals surface area contributed by atoms with Crippen molar-refractivity contribution in [1.82, 2.24) is 4.98 Å². The lowest BCUT2D eigenvalue weighted by molar-refractivity contribution is 0.102. The highest BCUT2D eigenvalue weighted by molar-refractivity contribution is 9.10. The van der Waals surface area contributed by atoms with Gasteiger partial charge in [-0.2, -0.15) is 0 Å². The number of fused-ring (bicyclic) bond motifs is 1. The molecule has 0 fully saturated rings. The Hall–Kier alpha value is -2.90. The maximum Gasteiger partial charge on any atom is 0.259 e. The van der Waals surface area contributed by atoms with Crippen LogP contribution >= 0.6 is 27.3 Å². The summed E-state index contributed by atoms with van der Waals surface area (Å²) in [6, 6.07) is 17.3. The van der Waals surface area contributed by atoms with Gasteiger partial charge in [-0.05, 0) is 55.0 Å². The molecule has 1 N–H and O–H groups in total. The summed E-state index contributed by atoms with van der Waals surface area (Å²) >= 11 is 5.06. The first kappa shape index (κ1) is 20.4. The molecule has 0 spiro atoms. The second-order valence-electron chi connectivity index (χ2n) is 6.66. The van der Waals surface area contributed by atoms with Crippen LogP contribution in [0.2, 0.25) is 0 Å². The number of halogens is 1. The second kappa shape index (κ2) is 8.45. The van der Waals surface area contributed by atoms with E-state index in [1.54, 1.807) is 31.6 Å². The SMILES string of the molecule is COc1ccc(-c2nc3ccccc3s2)cc1NC(=O)c1cc(Br)cc(C)c1OC. The minimum absolute atomic E-state index is 0.281. The molecule has 1 amide bonds. The second-order valence-corrected chi connectivity index (χ2v) is 8.61. The number of amides is 1. The molecule has 7 heteroatoms. The van der Waals surface area contributed by atoms with Crippen molar-refractivity contribution in [1.29, 1.82) is 0 Å². The third-order valence-corrected chi connectivity index (χ3v) is 6.22. The van der Waals surface area contributed by atoms with Gasteiger partial charge in [-0.1, -0.05) is 28.1 Å². The molecule has 1 aromatic heterocycles. The van der Waals surface area contributed by atoms with Crippen molar-refractivity contribution in [3.05, 3.63) is 70.2 Å². The normalized spacial score (nSPS) is 10.8. The van der Waals surface area contributed by atoms with Crippen LogP contribution in [-0.2, 0) is 0 Å². The Bertz CT molecular complexity index is 1220. The van der Waals surface area contributed by atoms with E-state index in [-0.39, 0.29) is 5.91 Å². The molecule has 0 aliphatic heterocycles. The molecule has 0 unspecified atom stereocenters. The molecular formula is C23H19BrN2O3S. The molecular weight excluding hydrogens is 464 g/mol. The highest BCUT2D eigenvalue weighted by Crippen LogP contribution is 2.36. The lowest BCUT2D eigenvalue weighted by Crippen LogP contribution is -2.14. The number of hydrogen-bond donors (Lipinski definition) is 1. The molecule has 4 aromatic rings. The Balaban J connectivity index is 1.72. The highest BCUT2D eigenvalue weighted by atomic mass is 79.9. The Labute approximate surface area is 186 Å². The minimum Gasteiger partial charge on any atom is -0.496 e. The Morgan fingerprint density at radius 1 is 1.07 bits per heavy atom. The van der Waals surface area contributed by atoms with Crippen molar-refractivity contribution in [2.75, 3.05) is 19.5 Å². The van der Waals surface area contributed by atoms with Gasteiger partial charge in [0.05, 0.1) is 35.7 Å². The first-order valence-electron chi connectivity index (χ1n) is 9.19. The van der Waals surface area contributed by atoms with Gasteiger partial charge in [-0.25, -0.2) is 4.98 Å². The van der Waals surface area contributed by atoms with E-state index in [1.165, 1.54) is 0 Å². The number of nitrogens with one attached hydrogen (secondary N) is 1. The van der Waals surface area contributed by atoms with Crippen molar-refractivity contribution in [2.45, 2.75) is 6.92 Å². The molecule has 0 saturated heterocycles. The lowest BCUT2D eigenvalue weighted by atomic mass is 10.1. The largest absolute Gasteiger partial charge is 0.496 e. The van der Waals surface area contributed by atoms with Crippen LogP contribution in [0, 0.1) is 6.92 Å². The van der Waals surface area contributed by atoms with E-state index >= 15 is 0 Å². The molecule has 4 rings (SSSR count). The third kappa shape index (κ3) is 3.91. The summed E-state index contributed by atoms with van der Waals surface area (Å²) in [4.78, 5) is 17.8. The Kier molecular flexibility index (Phi) is 5.74. The maximum absolute atomic E-state index is 13.1. The van der Waals surface area contributed by atoms with E-state index in [0.717, 1.165) is 30.8 Å². The third-order valence-electron chi connectivity index (χ3n) is 4.68. The zero-order valence-electron chi connectivity index (χ0n) is 16.7. The van der Waals surface area contributed by atoms with Crippen molar-refractivity contribution in [2.24, 2.45) is 0 Å². The predicted molar refractivity (Wildman–Crippen MR) is 125 cm³/mol. The fraction of sp³-hybridized carbons (Fsp3) is 0.130. The predicted octanol–water partition coefficient (Wildman–Crippen LogP) is 6.30. The summed E-state index contributed by atoms with van der Waals surface area (Å²) in [6.45, 7) is 1.90. The number of benzene rings is 3. The van der Waals surface area contributed by atoms with E-state index in [4.69, 9.17) is 14.5 Å². The first-order valence-corrected chi connectivity index (χ1v) is 10.8. The zero-order valence-corrected chi connectivity index (χ0v) is 19.1. The number of thiazole rings is 1. The molecule has 5 nitrogen and oxygen atoms in total. The lowest BCUT2D eigenvalue weighted by Gasteiger charge is -2.15. The minimum atomic E-state index is -0.281. The van der Waals surface area contributed by atoms with Crippen LogP contribution in [0.5, 0.6) is 11.5 Å². The van der Waals surface area contributed by atoms with Gasteiger partial charge >= 0.3 is 0 Å². The van der Waals surface area contributed by atoms with Gasteiger partial charge in [0.15, 0.2) is 0 Å². The molecule has 0 saturated carbocycles. The molecule has 1 heterocycles. The van der Waals surface area contributed by atoms with Gasteiger partial charge in [0.25, 0.3) is 5.91 Å². The molecule has 30 heavy (non-hydrogen) atoms. The van der Waals surface area contributed by atoms with E-state index in [2.05, 4.69) is 21.2 Å². The summed E-state index contributed by atoms with van der Waals surface area (Å²) in [5.41, 5.74) is 3.74. The number of hydrogen-bond acceptors (Lipinski definition) is 5. The molecule has 152 valence electrons. The van der Waals surface area contributed by atoms with Crippen molar-refractivity contribution >= 4 is 49.1 Å². The average molecular weight is 483 g/mol. The smallest absolute Gasteiger partial charge is 0.259 e. The number of carbonyl (C=O) groups is 1. The summed E-state index contributed by atoms with van der Waals surface area (Å²) in [6.07, 6.45) is 0. The topological polar surface area (TPSA) is 60.5 Å². The van der Waals surface area contributed by atoms with Crippen LogP contribution in [0.1, 0.15) is 15.9 Å². The first-order chi connectivity index (χ1) is 14.5. The van der Waals surface area contributed by atoms with Crippen LogP contribution in [0.4, 0.5) is 5.69 Å². The number of nitrogens with zero attached hydrogens (tertiary/aromatic N) is 1. The van der Waals surface area contributed by atoms with Gasteiger partial charge in [0.1, 0.15) is 16.5 Å². The van der Waals surface area contributed by atoms with Gasteiger partial charge in [-0.3, -0.25) is 4.79 Å². The standard InChI is InChI=1S/C23H19BrN2O3S/c1-13-10-15(24)12-16(21(13)29-3)22(27)25-18-11-14(8-9-19(18)28-2)23-26-17-6-4-5-7-20(17)30-23/h4-12H,1-3H3,(H,25,27). The van der Waals surface area contributed by atoms with Gasteiger partial charge in [0, 0.05) is 10.0 Å². The van der Waals surface area contributed by atoms with Crippen LogP contribution in [0.3, 0.4) is 0 Å². The fourth-order valence-electron chi connectivity index (χ4n) is 3.29. The van der Waals surface area contributed by atoms with Crippen molar-refractivity contribution < 1.29 is 14.3 Å².